The number of pyridine rings is 1. The molecular formula is C21H32N8O2. The first-order valence-electron chi connectivity index (χ1n) is 10.5. The molecule has 168 valence electrons. The summed E-state index contributed by atoms with van der Waals surface area (Å²) in [4.78, 5) is 13.5. The van der Waals surface area contributed by atoms with Crippen molar-refractivity contribution in [2.75, 3.05) is 24.8 Å². The highest BCUT2D eigenvalue weighted by molar-refractivity contribution is 5.86. The van der Waals surface area contributed by atoms with Crippen LogP contribution in [0.5, 0.6) is 5.75 Å². The third-order valence-electron chi connectivity index (χ3n) is 5.07. The Labute approximate surface area is 182 Å². The molecule has 0 radical (unpaired) electrons. The average molecular weight is 429 g/mol. The maximum Gasteiger partial charge on any atom is 0.222 e. The summed E-state index contributed by atoms with van der Waals surface area (Å²) >= 11 is 0. The van der Waals surface area contributed by atoms with Crippen molar-refractivity contribution >= 4 is 22.8 Å². The maximum atomic E-state index is 9.42. The van der Waals surface area contributed by atoms with Gasteiger partial charge >= 0.3 is 0 Å². The van der Waals surface area contributed by atoms with Crippen LogP contribution in [0.1, 0.15) is 51.4 Å². The van der Waals surface area contributed by atoms with Crippen molar-refractivity contribution in [2.45, 2.75) is 58.2 Å². The quantitative estimate of drug-likeness (QED) is 0.380. The topological polar surface area (TPSA) is 150 Å². The molecule has 3 rings (SSSR count). The summed E-state index contributed by atoms with van der Waals surface area (Å²) in [5.41, 5.74) is 14.4. The summed E-state index contributed by atoms with van der Waals surface area (Å²) in [5.74, 6) is 1.39. The number of rotatable bonds is 10. The van der Waals surface area contributed by atoms with Gasteiger partial charge in [0.1, 0.15) is 22.5 Å². The second-order valence-electron chi connectivity index (χ2n) is 8.18. The van der Waals surface area contributed by atoms with Crippen molar-refractivity contribution < 1.29 is 9.84 Å². The fourth-order valence-corrected chi connectivity index (χ4v) is 3.51. The minimum absolute atomic E-state index is 0.0601. The fourth-order valence-electron chi connectivity index (χ4n) is 3.51. The predicted molar refractivity (Wildman–Crippen MR) is 121 cm³/mol. The van der Waals surface area contributed by atoms with Crippen LogP contribution in [0, 0.1) is 0 Å². The monoisotopic (exact) mass is 428 g/mol. The largest absolute Gasteiger partial charge is 0.495 e. The Balaban J connectivity index is 2.04. The minimum Gasteiger partial charge on any atom is -0.495 e. The zero-order valence-corrected chi connectivity index (χ0v) is 18.6. The Morgan fingerprint density at radius 3 is 2.65 bits per heavy atom. The van der Waals surface area contributed by atoms with Gasteiger partial charge in [-0.15, -0.1) is 0 Å². The molecule has 3 aromatic rings. The summed E-state index contributed by atoms with van der Waals surface area (Å²) in [6.45, 7) is 6.34. The smallest absolute Gasteiger partial charge is 0.222 e. The molecule has 0 aliphatic carbocycles. The van der Waals surface area contributed by atoms with E-state index >= 15 is 0 Å². The van der Waals surface area contributed by atoms with Crippen LogP contribution in [0.25, 0.3) is 11.0 Å². The zero-order valence-electron chi connectivity index (χ0n) is 18.6. The third-order valence-corrected chi connectivity index (χ3v) is 5.07. The van der Waals surface area contributed by atoms with Crippen LogP contribution >= 0.6 is 0 Å². The molecule has 3 aromatic heterocycles. The number of nitrogens with two attached hydrogens (primary N) is 2. The highest BCUT2D eigenvalue weighted by Gasteiger charge is 2.21. The van der Waals surface area contributed by atoms with Gasteiger partial charge in [0.25, 0.3) is 0 Å². The lowest BCUT2D eigenvalue weighted by atomic mass is 10.0. The van der Waals surface area contributed by atoms with Gasteiger partial charge in [0.15, 0.2) is 5.82 Å². The Morgan fingerprint density at radius 2 is 2.00 bits per heavy atom. The molecule has 0 fully saturated rings. The van der Waals surface area contributed by atoms with Gasteiger partial charge in [-0.25, -0.2) is 4.98 Å². The lowest BCUT2D eigenvalue weighted by molar-refractivity contribution is 0.276. The lowest BCUT2D eigenvalue weighted by Gasteiger charge is -2.20. The molecule has 0 aliphatic heterocycles. The molecular weight excluding hydrogens is 396 g/mol. The molecule has 1 atom stereocenters. The fraction of sp³-hybridized carbons (Fsp3) is 0.524. The minimum atomic E-state index is -0.588. The number of ether oxygens (including phenoxy) is 1. The van der Waals surface area contributed by atoms with E-state index in [2.05, 4.69) is 27.3 Å². The van der Waals surface area contributed by atoms with Crippen LogP contribution in [-0.4, -0.2) is 49.6 Å². The summed E-state index contributed by atoms with van der Waals surface area (Å²) < 4.78 is 7.29. The second kappa shape index (κ2) is 9.44. The van der Waals surface area contributed by atoms with E-state index in [4.69, 9.17) is 21.2 Å². The van der Waals surface area contributed by atoms with E-state index in [0.29, 0.717) is 35.7 Å². The van der Waals surface area contributed by atoms with Crippen molar-refractivity contribution in [3.8, 4) is 5.75 Å². The van der Waals surface area contributed by atoms with E-state index in [-0.39, 0.29) is 18.6 Å². The lowest BCUT2D eigenvalue weighted by Crippen LogP contribution is -2.30. The number of aliphatic hydroxyl groups is 1. The molecule has 0 unspecified atom stereocenters. The van der Waals surface area contributed by atoms with Crippen molar-refractivity contribution in [2.24, 2.45) is 5.73 Å². The van der Waals surface area contributed by atoms with E-state index in [1.165, 1.54) is 0 Å². The molecule has 3 heterocycles. The molecule has 10 nitrogen and oxygen atoms in total. The number of aromatic nitrogens is 5. The molecule has 0 aromatic carbocycles. The number of nitrogens with zero attached hydrogens (tertiary/aromatic N) is 5. The van der Waals surface area contributed by atoms with E-state index < -0.39 is 5.54 Å². The van der Waals surface area contributed by atoms with Crippen LogP contribution in [0.2, 0.25) is 0 Å². The second-order valence-corrected chi connectivity index (χ2v) is 8.18. The van der Waals surface area contributed by atoms with Gasteiger partial charge in [-0.1, -0.05) is 13.3 Å². The highest BCUT2D eigenvalue weighted by atomic mass is 16.5. The van der Waals surface area contributed by atoms with Gasteiger partial charge in [-0.05, 0) is 38.8 Å². The molecule has 6 N–H and O–H groups in total. The van der Waals surface area contributed by atoms with E-state index in [1.807, 2.05) is 26.0 Å². The Hall–Kier alpha value is -2.98. The Morgan fingerprint density at radius 1 is 1.23 bits per heavy atom. The van der Waals surface area contributed by atoms with Crippen LogP contribution < -0.4 is 21.5 Å². The molecule has 31 heavy (non-hydrogen) atoms. The van der Waals surface area contributed by atoms with Crippen LogP contribution in [-0.2, 0) is 12.1 Å². The highest BCUT2D eigenvalue weighted by Crippen LogP contribution is 2.27. The number of fused-ring (bicyclic) bond motifs is 1. The van der Waals surface area contributed by atoms with Gasteiger partial charge < -0.3 is 26.6 Å². The molecule has 0 amide bonds. The molecule has 0 aliphatic rings. The van der Waals surface area contributed by atoms with Gasteiger partial charge in [0.05, 0.1) is 31.1 Å². The third kappa shape index (κ3) is 5.20. The zero-order chi connectivity index (χ0) is 22.6. The Bertz CT molecular complexity index is 1020. The standard InChI is InChI=1S/C21H32N8O2/c1-5-6-13(9-10-30)25-19-18-14(27-20(22)28-19)11-24-29(18)12-15-16(31-4)7-8-17(26-15)21(2,3)23/h7-8,11,13,30H,5-6,9-10,12,23H2,1-4H3,(H3,22,25,27,28)/t13-/m0/s1. The van der Waals surface area contributed by atoms with Crippen molar-refractivity contribution in [3.63, 3.8) is 0 Å². The number of nitrogens with one attached hydrogen (secondary N) is 1. The number of hydrogen-bond donors (Lipinski definition) is 4. The number of aliphatic hydroxyl groups excluding tert-OH is 1. The van der Waals surface area contributed by atoms with Crippen LogP contribution in [0.4, 0.5) is 11.8 Å². The average Bonchev–Trinajstić information content (AvgIpc) is 3.10. The molecule has 0 saturated heterocycles. The van der Waals surface area contributed by atoms with Gasteiger partial charge in [0.2, 0.25) is 5.95 Å². The summed E-state index contributed by atoms with van der Waals surface area (Å²) in [6, 6.07) is 3.79. The summed E-state index contributed by atoms with van der Waals surface area (Å²) in [6.07, 6.45) is 4.13. The molecule has 0 spiro atoms. The van der Waals surface area contributed by atoms with Gasteiger partial charge in [-0.3, -0.25) is 9.67 Å². The predicted octanol–water partition coefficient (Wildman–Crippen LogP) is 2.02. The molecule has 0 bridgehead atoms. The number of methoxy groups -OCH3 is 1. The first-order chi connectivity index (χ1) is 14.8. The van der Waals surface area contributed by atoms with Crippen molar-refractivity contribution in [1.29, 1.82) is 0 Å². The van der Waals surface area contributed by atoms with Crippen LogP contribution in [0.15, 0.2) is 18.3 Å². The van der Waals surface area contributed by atoms with Crippen molar-refractivity contribution in [1.82, 2.24) is 24.7 Å². The van der Waals surface area contributed by atoms with Gasteiger partial charge in [0, 0.05) is 12.6 Å². The molecule has 10 heteroatoms. The van der Waals surface area contributed by atoms with Crippen LogP contribution in [0.3, 0.4) is 0 Å². The Kier molecular flexibility index (Phi) is 6.91. The van der Waals surface area contributed by atoms with Crippen molar-refractivity contribution in [3.05, 3.63) is 29.7 Å². The van der Waals surface area contributed by atoms with Gasteiger partial charge in [-0.2, -0.15) is 10.1 Å². The summed E-state index contributed by atoms with van der Waals surface area (Å²) in [7, 11) is 1.61. The first kappa shape index (κ1) is 22.7. The number of anilines is 2. The van der Waals surface area contributed by atoms with E-state index in [0.717, 1.165) is 24.1 Å². The normalized spacial score (nSPS) is 12.8. The van der Waals surface area contributed by atoms with E-state index in [1.54, 1.807) is 18.0 Å². The number of nitrogen functional groups attached to an aromatic ring is 1. The van der Waals surface area contributed by atoms with E-state index in [9.17, 15) is 5.11 Å². The summed E-state index contributed by atoms with van der Waals surface area (Å²) in [5, 5.41) is 17.3. The number of hydrogen-bond acceptors (Lipinski definition) is 9. The SMILES string of the molecule is CCC[C@@H](CCO)Nc1nc(N)nc2cnn(Cc3nc(C(C)(C)N)ccc3OC)c12. The first-order valence-corrected chi connectivity index (χ1v) is 10.5. The molecule has 0 saturated carbocycles. The maximum absolute atomic E-state index is 9.42.